The Labute approximate surface area is 128 Å². The molecule has 5 heteroatoms. The van der Waals surface area contributed by atoms with Crippen molar-refractivity contribution in [3.63, 3.8) is 0 Å². The Morgan fingerprint density at radius 1 is 1.14 bits per heavy atom. The average molecular weight is 304 g/mol. The van der Waals surface area contributed by atoms with E-state index in [0.29, 0.717) is 13.1 Å². The first kappa shape index (κ1) is 15.5. The molecule has 112 valence electrons. The number of amides is 2. The van der Waals surface area contributed by atoms with Gasteiger partial charge >= 0.3 is 0 Å². The number of carbonyl (C=O) groups excluding carboxylic acids is 2. The van der Waals surface area contributed by atoms with Gasteiger partial charge in [0.05, 0.1) is 4.88 Å². The molecule has 0 aliphatic carbocycles. The van der Waals surface area contributed by atoms with E-state index in [1.807, 2.05) is 18.2 Å². The van der Waals surface area contributed by atoms with Crippen LogP contribution < -0.4 is 10.6 Å². The summed E-state index contributed by atoms with van der Waals surface area (Å²) in [4.78, 5) is 23.9. The molecular formula is C16H20N2O2S. The largest absolute Gasteiger partial charge is 0.355 e. The van der Waals surface area contributed by atoms with E-state index >= 15 is 0 Å². The fourth-order valence-corrected chi connectivity index (χ4v) is 3.44. The summed E-state index contributed by atoms with van der Waals surface area (Å²) in [5.41, 5.74) is 1.13. The molecule has 0 radical (unpaired) electrons. The van der Waals surface area contributed by atoms with Crippen molar-refractivity contribution in [2.75, 3.05) is 13.1 Å². The van der Waals surface area contributed by atoms with Gasteiger partial charge in [0, 0.05) is 24.7 Å². The third kappa shape index (κ3) is 3.82. The fraction of sp³-hybridized carbons (Fsp3) is 0.375. The zero-order valence-electron chi connectivity index (χ0n) is 12.4. The fourth-order valence-electron chi connectivity index (χ4n) is 2.28. The molecule has 1 aromatic heterocycles. The van der Waals surface area contributed by atoms with E-state index in [4.69, 9.17) is 0 Å². The van der Waals surface area contributed by atoms with Crippen LogP contribution in [-0.4, -0.2) is 24.9 Å². The van der Waals surface area contributed by atoms with Crippen LogP contribution in [-0.2, 0) is 11.2 Å². The van der Waals surface area contributed by atoms with Crippen LogP contribution in [0, 0.1) is 0 Å². The second-order valence-corrected chi connectivity index (χ2v) is 5.95. The zero-order chi connectivity index (χ0) is 15.2. The Morgan fingerprint density at radius 3 is 2.57 bits per heavy atom. The molecule has 21 heavy (non-hydrogen) atoms. The minimum atomic E-state index is -0.0854. The van der Waals surface area contributed by atoms with E-state index in [1.54, 1.807) is 0 Å². The van der Waals surface area contributed by atoms with Crippen molar-refractivity contribution < 1.29 is 9.59 Å². The molecule has 2 amide bonds. The van der Waals surface area contributed by atoms with Gasteiger partial charge in [-0.2, -0.15) is 0 Å². The number of hydrogen-bond donors (Lipinski definition) is 2. The maximum Gasteiger partial charge on any atom is 0.261 e. The molecule has 0 bridgehead atoms. The lowest BCUT2D eigenvalue weighted by molar-refractivity contribution is -0.118. The third-order valence-corrected chi connectivity index (χ3v) is 4.40. The average Bonchev–Trinajstić information content (AvgIpc) is 2.83. The maximum absolute atomic E-state index is 12.3. The third-order valence-electron chi connectivity index (χ3n) is 3.19. The lowest BCUT2D eigenvalue weighted by Gasteiger charge is -2.06. The first-order valence-electron chi connectivity index (χ1n) is 7.16. The van der Waals surface area contributed by atoms with Gasteiger partial charge in [-0.3, -0.25) is 9.59 Å². The van der Waals surface area contributed by atoms with Gasteiger partial charge in [0.1, 0.15) is 0 Å². The SMILES string of the molecule is CCCc1c(C(=O)NCCNC(C)=O)sc2ccccc12. The lowest BCUT2D eigenvalue weighted by Crippen LogP contribution is -2.33. The van der Waals surface area contributed by atoms with E-state index in [1.165, 1.54) is 23.6 Å². The molecule has 0 saturated heterocycles. The number of aryl methyl sites for hydroxylation is 1. The summed E-state index contributed by atoms with van der Waals surface area (Å²) in [6.07, 6.45) is 1.91. The van der Waals surface area contributed by atoms with Gasteiger partial charge in [-0.15, -0.1) is 11.3 Å². The van der Waals surface area contributed by atoms with Gasteiger partial charge < -0.3 is 10.6 Å². The minimum absolute atomic E-state index is 0.0509. The number of benzene rings is 1. The second-order valence-electron chi connectivity index (χ2n) is 4.89. The predicted octanol–water partition coefficient (Wildman–Crippen LogP) is 2.72. The van der Waals surface area contributed by atoms with Crippen molar-refractivity contribution in [1.29, 1.82) is 0 Å². The molecule has 0 fully saturated rings. The van der Waals surface area contributed by atoms with E-state index in [2.05, 4.69) is 23.6 Å². The maximum atomic E-state index is 12.3. The van der Waals surface area contributed by atoms with E-state index in [9.17, 15) is 9.59 Å². The lowest BCUT2D eigenvalue weighted by atomic mass is 10.1. The summed E-state index contributed by atoms with van der Waals surface area (Å²) in [5.74, 6) is -0.136. The highest BCUT2D eigenvalue weighted by molar-refractivity contribution is 7.21. The van der Waals surface area contributed by atoms with Crippen molar-refractivity contribution in [3.8, 4) is 0 Å². The van der Waals surface area contributed by atoms with Crippen LogP contribution in [0.15, 0.2) is 24.3 Å². The highest BCUT2D eigenvalue weighted by Crippen LogP contribution is 2.32. The summed E-state index contributed by atoms with van der Waals surface area (Å²) >= 11 is 1.54. The van der Waals surface area contributed by atoms with Crippen LogP contribution in [0.1, 0.15) is 35.5 Å². The molecule has 2 rings (SSSR count). The Balaban J connectivity index is 2.14. The Hall–Kier alpha value is -1.88. The van der Waals surface area contributed by atoms with Crippen molar-refractivity contribution in [2.45, 2.75) is 26.7 Å². The number of nitrogens with one attached hydrogen (secondary N) is 2. The van der Waals surface area contributed by atoms with Crippen molar-refractivity contribution in [2.24, 2.45) is 0 Å². The standard InChI is InChI=1S/C16H20N2O2S/c1-3-6-13-12-7-4-5-8-14(12)21-15(13)16(20)18-10-9-17-11(2)19/h4-5,7-8H,3,6,9-10H2,1-2H3,(H,17,19)(H,18,20). The quantitative estimate of drug-likeness (QED) is 0.806. The number of carbonyl (C=O) groups is 2. The van der Waals surface area contributed by atoms with Gasteiger partial charge in [-0.25, -0.2) is 0 Å². The first-order valence-corrected chi connectivity index (χ1v) is 7.98. The normalized spacial score (nSPS) is 10.6. The van der Waals surface area contributed by atoms with Gasteiger partial charge in [0.25, 0.3) is 5.91 Å². The highest BCUT2D eigenvalue weighted by atomic mass is 32.1. The predicted molar refractivity (Wildman–Crippen MR) is 86.8 cm³/mol. The summed E-state index contributed by atoms with van der Waals surface area (Å²) in [6, 6.07) is 8.12. The summed E-state index contributed by atoms with van der Waals surface area (Å²) in [7, 11) is 0. The molecule has 2 aromatic rings. The number of fused-ring (bicyclic) bond motifs is 1. The molecule has 0 spiro atoms. The van der Waals surface area contributed by atoms with Crippen LogP contribution >= 0.6 is 11.3 Å². The smallest absolute Gasteiger partial charge is 0.261 e. The molecular weight excluding hydrogens is 284 g/mol. The van der Waals surface area contributed by atoms with Crippen molar-refractivity contribution in [1.82, 2.24) is 10.6 Å². The molecule has 0 aliphatic rings. The number of thiophene rings is 1. The molecule has 0 atom stereocenters. The Bertz CT molecular complexity index is 649. The van der Waals surface area contributed by atoms with Gasteiger partial charge in [-0.05, 0) is 23.4 Å². The van der Waals surface area contributed by atoms with Crippen LogP contribution in [0.25, 0.3) is 10.1 Å². The Morgan fingerprint density at radius 2 is 1.86 bits per heavy atom. The highest BCUT2D eigenvalue weighted by Gasteiger charge is 2.17. The van der Waals surface area contributed by atoms with E-state index in [-0.39, 0.29) is 11.8 Å². The monoisotopic (exact) mass is 304 g/mol. The molecule has 4 nitrogen and oxygen atoms in total. The van der Waals surface area contributed by atoms with Gasteiger partial charge in [-0.1, -0.05) is 31.5 Å². The van der Waals surface area contributed by atoms with Crippen molar-refractivity contribution in [3.05, 3.63) is 34.7 Å². The number of hydrogen-bond acceptors (Lipinski definition) is 3. The van der Waals surface area contributed by atoms with Crippen molar-refractivity contribution >= 4 is 33.2 Å². The molecule has 1 heterocycles. The topological polar surface area (TPSA) is 58.2 Å². The van der Waals surface area contributed by atoms with Crippen LogP contribution in [0.3, 0.4) is 0 Å². The van der Waals surface area contributed by atoms with Crippen LogP contribution in [0.4, 0.5) is 0 Å². The summed E-state index contributed by atoms with van der Waals surface area (Å²) < 4.78 is 1.15. The van der Waals surface area contributed by atoms with Gasteiger partial charge in [0.2, 0.25) is 5.91 Å². The minimum Gasteiger partial charge on any atom is -0.355 e. The molecule has 0 aliphatic heterocycles. The second kappa shape index (κ2) is 7.22. The summed E-state index contributed by atoms with van der Waals surface area (Å²) in [5, 5.41) is 6.72. The zero-order valence-corrected chi connectivity index (χ0v) is 13.2. The van der Waals surface area contributed by atoms with Crippen LogP contribution in [0.2, 0.25) is 0 Å². The van der Waals surface area contributed by atoms with Crippen LogP contribution in [0.5, 0.6) is 0 Å². The summed E-state index contributed by atoms with van der Waals surface area (Å²) in [6.45, 7) is 4.48. The Kier molecular flexibility index (Phi) is 5.33. The molecule has 2 N–H and O–H groups in total. The van der Waals surface area contributed by atoms with E-state index < -0.39 is 0 Å². The molecule has 0 saturated carbocycles. The first-order chi connectivity index (χ1) is 10.1. The molecule has 0 unspecified atom stereocenters. The van der Waals surface area contributed by atoms with Gasteiger partial charge in [0.15, 0.2) is 0 Å². The number of rotatable bonds is 6. The van der Waals surface area contributed by atoms with E-state index in [0.717, 1.165) is 28.0 Å². The molecule has 1 aromatic carbocycles.